The van der Waals surface area contributed by atoms with E-state index in [4.69, 9.17) is 0 Å². The molecule has 1 aromatic carbocycles. The highest BCUT2D eigenvalue weighted by Gasteiger charge is 2.31. The first-order valence-corrected chi connectivity index (χ1v) is 7.74. The van der Waals surface area contributed by atoms with Crippen LogP contribution in [0, 0.1) is 5.92 Å². The zero-order valence-electron chi connectivity index (χ0n) is 12.8. The van der Waals surface area contributed by atoms with E-state index in [0.29, 0.717) is 12.1 Å². The first-order valence-electron chi connectivity index (χ1n) is 7.74. The topological polar surface area (TPSA) is 15.3 Å². The Morgan fingerprint density at radius 3 is 2.53 bits per heavy atom. The molecular formula is C17H28N2. The first-order chi connectivity index (χ1) is 9.19. The largest absolute Gasteiger partial charge is 0.371 e. The lowest BCUT2D eigenvalue weighted by Gasteiger charge is -2.31. The molecular weight excluding hydrogens is 232 g/mol. The van der Waals surface area contributed by atoms with E-state index in [1.54, 1.807) is 0 Å². The van der Waals surface area contributed by atoms with Crippen LogP contribution in [0.1, 0.15) is 51.6 Å². The minimum Gasteiger partial charge on any atom is -0.371 e. The molecule has 106 valence electrons. The first kappa shape index (κ1) is 14.4. The van der Waals surface area contributed by atoms with Crippen molar-refractivity contribution in [3.8, 4) is 0 Å². The lowest BCUT2D eigenvalue weighted by molar-refractivity contribution is 0.532. The smallest absolute Gasteiger partial charge is 0.0414 e. The molecule has 1 aliphatic rings. The highest BCUT2D eigenvalue weighted by Crippen LogP contribution is 2.38. The minimum atomic E-state index is 0.468. The van der Waals surface area contributed by atoms with Crippen molar-refractivity contribution in [2.75, 3.05) is 18.5 Å². The van der Waals surface area contributed by atoms with Gasteiger partial charge in [-0.25, -0.2) is 0 Å². The summed E-state index contributed by atoms with van der Waals surface area (Å²) in [6.45, 7) is 7.83. The van der Waals surface area contributed by atoms with Gasteiger partial charge in [0.2, 0.25) is 0 Å². The van der Waals surface area contributed by atoms with E-state index in [0.717, 1.165) is 18.9 Å². The van der Waals surface area contributed by atoms with Gasteiger partial charge in [0.15, 0.2) is 0 Å². The second-order valence-electron chi connectivity index (χ2n) is 5.77. The Kier molecular flexibility index (Phi) is 4.87. The van der Waals surface area contributed by atoms with Crippen LogP contribution in [0.5, 0.6) is 0 Å². The maximum atomic E-state index is 3.60. The number of benzene rings is 1. The maximum absolute atomic E-state index is 3.60. The van der Waals surface area contributed by atoms with Gasteiger partial charge in [-0.05, 0) is 50.3 Å². The summed E-state index contributed by atoms with van der Waals surface area (Å²) >= 11 is 0. The summed E-state index contributed by atoms with van der Waals surface area (Å²) in [5.41, 5.74) is 2.84. The van der Waals surface area contributed by atoms with E-state index in [-0.39, 0.29) is 0 Å². The molecule has 0 aliphatic heterocycles. The van der Waals surface area contributed by atoms with Crippen LogP contribution in [0.3, 0.4) is 0 Å². The quantitative estimate of drug-likeness (QED) is 0.797. The fourth-order valence-corrected chi connectivity index (χ4v) is 2.94. The fraction of sp³-hybridized carbons (Fsp3) is 0.647. The number of anilines is 1. The van der Waals surface area contributed by atoms with Gasteiger partial charge in [0.25, 0.3) is 0 Å². The van der Waals surface area contributed by atoms with Crippen LogP contribution in [0.15, 0.2) is 24.3 Å². The van der Waals surface area contributed by atoms with Crippen molar-refractivity contribution in [2.24, 2.45) is 5.92 Å². The molecule has 2 rings (SSSR count). The molecule has 2 nitrogen and oxygen atoms in total. The van der Waals surface area contributed by atoms with Crippen molar-refractivity contribution < 1.29 is 0 Å². The van der Waals surface area contributed by atoms with Gasteiger partial charge in [-0.1, -0.05) is 32.0 Å². The van der Waals surface area contributed by atoms with Crippen molar-refractivity contribution in [1.82, 2.24) is 5.32 Å². The molecule has 0 amide bonds. The van der Waals surface area contributed by atoms with Gasteiger partial charge >= 0.3 is 0 Å². The van der Waals surface area contributed by atoms with E-state index < -0.39 is 0 Å². The second-order valence-corrected chi connectivity index (χ2v) is 5.77. The van der Waals surface area contributed by atoms with E-state index in [1.807, 2.05) is 0 Å². The monoisotopic (exact) mass is 260 g/mol. The summed E-state index contributed by atoms with van der Waals surface area (Å²) < 4.78 is 0. The number of hydrogen-bond donors (Lipinski definition) is 1. The van der Waals surface area contributed by atoms with Crippen LogP contribution in [-0.4, -0.2) is 19.6 Å². The van der Waals surface area contributed by atoms with Crippen LogP contribution in [0.25, 0.3) is 0 Å². The lowest BCUT2D eigenvalue weighted by atomic mass is 10.0. The molecule has 0 aromatic heterocycles. The van der Waals surface area contributed by atoms with Crippen LogP contribution in [-0.2, 0) is 0 Å². The summed E-state index contributed by atoms with van der Waals surface area (Å²) in [5.74, 6) is 0.900. The van der Waals surface area contributed by atoms with Gasteiger partial charge in [0.05, 0.1) is 0 Å². The predicted molar refractivity (Wildman–Crippen MR) is 83.7 cm³/mol. The zero-order valence-corrected chi connectivity index (χ0v) is 12.8. The summed E-state index contributed by atoms with van der Waals surface area (Å²) in [6, 6.07) is 9.99. The molecule has 1 aliphatic carbocycles. The zero-order chi connectivity index (χ0) is 13.8. The Morgan fingerprint density at radius 2 is 1.95 bits per heavy atom. The number of para-hydroxylation sites is 1. The minimum absolute atomic E-state index is 0.468. The standard InChI is InChI=1S/C17H28N2/c1-5-16(18-6-2)15-9-7-8-10-17(15)19(4)13(3)14-11-12-14/h7-10,13-14,16,18H,5-6,11-12H2,1-4H3. The van der Waals surface area contributed by atoms with E-state index >= 15 is 0 Å². The normalized spacial score (nSPS) is 18.1. The number of hydrogen-bond acceptors (Lipinski definition) is 2. The molecule has 0 bridgehead atoms. The average Bonchev–Trinajstić information content (AvgIpc) is 3.28. The van der Waals surface area contributed by atoms with Crippen LogP contribution in [0.4, 0.5) is 5.69 Å². The van der Waals surface area contributed by atoms with Crippen LogP contribution >= 0.6 is 0 Å². The van der Waals surface area contributed by atoms with Crippen molar-refractivity contribution >= 4 is 5.69 Å². The molecule has 0 spiro atoms. The SMILES string of the molecule is CCNC(CC)c1ccccc1N(C)C(C)C1CC1. The molecule has 2 heteroatoms. The molecule has 0 saturated heterocycles. The Hall–Kier alpha value is -1.02. The highest BCUT2D eigenvalue weighted by molar-refractivity contribution is 5.55. The fourth-order valence-electron chi connectivity index (χ4n) is 2.94. The van der Waals surface area contributed by atoms with Crippen LogP contribution < -0.4 is 10.2 Å². The third-order valence-electron chi connectivity index (χ3n) is 4.47. The Bertz CT molecular complexity index is 398. The number of nitrogens with one attached hydrogen (secondary N) is 1. The molecule has 2 unspecified atom stereocenters. The molecule has 1 N–H and O–H groups in total. The third kappa shape index (κ3) is 3.30. The summed E-state index contributed by atoms with van der Waals surface area (Å²) in [7, 11) is 2.25. The summed E-state index contributed by atoms with van der Waals surface area (Å²) in [6.07, 6.45) is 3.94. The second kappa shape index (κ2) is 6.42. The van der Waals surface area contributed by atoms with Crippen molar-refractivity contribution in [2.45, 2.75) is 52.1 Å². The Balaban J connectivity index is 2.23. The van der Waals surface area contributed by atoms with Crippen LogP contribution in [0.2, 0.25) is 0 Å². The Labute approximate surface area is 118 Å². The van der Waals surface area contributed by atoms with Crippen molar-refractivity contribution in [3.63, 3.8) is 0 Å². The van der Waals surface area contributed by atoms with E-state index in [9.17, 15) is 0 Å². The number of rotatable bonds is 7. The number of nitrogens with zero attached hydrogens (tertiary/aromatic N) is 1. The van der Waals surface area contributed by atoms with Gasteiger partial charge in [-0.2, -0.15) is 0 Å². The average molecular weight is 260 g/mol. The molecule has 1 saturated carbocycles. The van der Waals surface area contributed by atoms with Gasteiger partial charge in [-0.3, -0.25) is 0 Å². The van der Waals surface area contributed by atoms with E-state index in [1.165, 1.54) is 24.1 Å². The van der Waals surface area contributed by atoms with Gasteiger partial charge < -0.3 is 10.2 Å². The van der Waals surface area contributed by atoms with Gasteiger partial charge in [0, 0.05) is 24.8 Å². The molecule has 0 radical (unpaired) electrons. The molecule has 1 fully saturated rings. The van der Waals surface area contributed by atoms with Gasteiger partial charge in [0.1, 0.15) is 0 Å². The summed E-state index contributed by atoms with van der Waals surface area (Å²) in [5, 5.41) is 3.60. The molecule has 2 atom stereocenters. The molecule has 0 heterocycles. The van der Waals surface area contributed by atoms with Gasteiger partial charge in [-0.15, -0.1) is 0 Å². The van der Waals surface area contributed by atoms with Crippen molar-refractivity contribution in [3.05, 3.63) is 29.8 Å². The Morgan fingerprint density at radius 1 is 1.26 bits per heavy atom. The third-order valence-corrected chi connectivity index (χ3v) is 4.47. The maximum Gasteiger partial charge on any atom is 0.0414 e. The highest BCUT2D eigenvalue weighted by atomic mass is 15.1. The molecule has 19 heavy (non-hydrogen) atoms. The summed E-state index contributed by atoms with van der Waals surface area (Å²) in [4.78, 5) is 2.48. The lowest BCUT2D eigenvalue weighted by Crippen LogP contribution is -2.32. The van der Waals surface area contributed by atoms with Crippen molar-refractivity contribution in [1.29, 1.82) is 0 Å². The molecule has 1 aromatic rings. The predicted octanol–water partition coefficient (Wildman–Crippen LogP) is 3.98. The van der Waals surface area contributed by atoms with E-state index in [2.05, 4.69) is 62.3 Å².